The first kappa shape index (κ1) is 20.9. The van der Waals surface area contributed by atoms with Crippen LogP contribution in [0, 0.1) is 0 Å². The van der Waals surface area contributed by atoms with E-state index in [1.807, 2.05) is 6.92 Å². The Hall–Kier alpha value is -3.16. The first-order valence-electron chi connectivity index (χ1n) is 8.11. The van der Waals surface area contributed by atoms with E-state index in [1.54, 1.807) is 38.2 Å². The number of rotatable bonds is 7. The maximum atomic E-state index is 11.4. The van der Waals surface area contributed by atoms with Gasteiger partial charge in [-0.1, -0.05) is 0 Å². The molecule has 0 aliphatic rings. The average Bonchev–Trinajstić information content (AvgIpc) is 2.64. The average molecular weight is 362 g/mol. The summed E-state index contributed by atoms with van der Waals surface area (Å²) in [4.78, 5) is 29.7. The van der Waals surface area contributed by atoms with Gasteiger partial charge in [0.05, 0.1) is 19.8 Å². The highest BCUT2D eigenvalue weighted by Crippen LogP contribution is 2.15. The number of carboxylic acid groups (broad SMARTS) is 1. The molecule has 0 spiro atoms. The lowest BCUT2D eigenvalue weighted by Crippen LogP contribution is -2.08. The second kappa shape index (κ2) is 11.4. The van der Waals surface area contributed by atoms with Crippen LogP contribution in [0.5, 0.6) is 11.8 Å². The Balaban J connectivity index is 0.000000263. The van der Waals surface area contributed by atoms with Gasteiger partial charge in [0.2, 0.25) is 11.8 Å². The number of carboxylic acids is 1. The van der Waals surface area contributed by atoms with Gasteiger partial charge < -0.3 is 19.3 Å². The third-order valence-corrected chi connectivity index (χ3v) is 2.83. The SMILES string of the molecule is CCOC(=O)c1cccnc1OCC.CCOc1ncccc1C(=O)O. The third-order valence-electron chi connectivity index (χ3n) is 2.83. The predicted octanol–water partition coefficient (Wildman–Crippen LogP) is 2.84. The zero-order valence-electron chi connectivity index (χ0n) is 15.0. The lowest BCUT2D eigenvalue weighted by atomic mass is 10.3. The van der Waals surface area contributed by atoms with Gasteiger partial charge in [-0.05, 0) is 45.0 Å². The topological polar surface area (TPSA) is 108 Å². The fraction of sp³-hybridized carbons (Fsp3) is 0.333. The summed E-state index contributed by atoms with van der Waals surface area (Å²) >= 11 is 0. The molecule has 0 fully saturated rings. The summed E-state index contributed by atoms with van der Waals surface area (Å²) in [7, 11) is 0. The van der Waals surface area contributed by atoms with Crippen LogP contribution in [0.25, 0.3) is 0 Å². The fourth-order valence-electron chi connectivity index (χ4n) is 1.81. The quantitative estimate of drug-likeness (QED) is 0.749. The van der Waals surface area contributed by atoms with E-state index in [-0.39, 0.29) is 11.4 Å². The van der Waals surface area contributed by atoms with Crippen LogP contribution in [0.2, 0.25) is 0 Å². The van der Waals surface area contributed by atoms with Crippen LogP contribution in [0.15, 0.2) is 36.7 Å². The summed E-state index contributed by atoms with van der Waals surface area (Å²) in [5.41, 5.74) is 0.468. The van der Waals surface area contributed by atoms with Gasteiger partial charge in [0.25, 0.3) is 0 Å². The maximum Gasteiger partial charge on any atom is 0.343 e. The van der Waals surface area contributed by atoms with Gasteiger partial charge in [0, 0.05) is 12.4 Å². The highest BCUT2D eigenvalue weighted by molar-refractivity contribution is 5.91. The standard InChI is InChI=1S/C10H13NO3.C8H9NO3/c1-3-13-9-8(6-5-7-11-9)10(12)14-4-2;1-2-12-7-6(8(10)11)4-3-5-9-7/h5-7H,3-4H2,1-2H3;3-5H,2H2,1H3,(H,10,11). The fourth-order valence-corrected chi connectivity index (χ4v) is 1.81. The Morgan fingerprint density at radius 1 is 0.885 bits per heavy atom. The minimum absolute atomic E-state index is 0.0966. The van der Waals surface area contributed by atoms with E-state index < -0.39 is 11.9 Å². The van der Waals surface area contributed by atoms with Crippen molar-refractivity contribution in [1.82, 2.24) is 9.97 Å². The first-order valence-corrected chi connectivity index (χ1v) is 8.11. The molecule has 0 aromatic carbocycles. The lowest BCUT2D eigenvalue weighted by molar-refractivity contribution is 0.0520. The van der Waals surface area contributed by atoms with E-state index >= 15 is 0 Å². The largest absolute Gasteiger partial charge is 0.477 e. The molecule has 0 radical (unpaired) electrons. The minimum atomic E-state index is -1.02. The van der Waals surface area contributed by atoms with Gasteiger partial charge >= 0.3 is 11.9 Å². The van der Waals surface area contributed by atoms with Crippen molar-refractivity contribution in [2.75, 3.05) is 19.8 Å². The number of aromatic carboxylic acids is 1. The van der Waals surface area contributed by atoms with E-state index in [1.165, 1.54) is 12.3 Å². The molecule has 2 aromatic heterocycles. The molecule has 2 aromatic rings. The predicted molar refractivity (Wildman–Crippen MR) is 93.7 cm³/mol. The third kappa shape index (κ3) is 6.39. The van der Waals surface area contributed by atoms with E-state index in [2.05, 4.69) is 9.97 Å². The number of esters is 1. The van der Waals surface area contributed by atoms with Crippen molar-refractivity contribution in [2.24, 2.45) is 0 Å². The van der Waals surface area contributed by atoms with Gasteiger partial charge in [0.1, 0.15) is 11.1 Å². The van der Waals surface area contributed by atoms with Crippen molar-refractivity contribution in [3.8, 4) is 11.8 Å². The van der Waals surface area contributed by atoms with Gasteiger partial charge in [0.15, 0.2) is 0 Å². The summed E-state index contributed by atoms with van der Waals surface area (Å²) in [5.74, 6) is -0.920. The summed E-state index contributed by atoms with van der Waals surface area (Å²) in [6.07, 6.45) is 3.07. The molecular formula is C18H22N2O6. The van der Waals surface area contributed by atoms with E-state index in [9.17, 15) is 9.59 Å². The van der Waals surface area contributed by atoms with Crippen molar-refractivity contribution in [1.29, 1.82) is 0 Å². The number of carbonyl (C=O) groups excluding carboxylic acids is 1. The number of aromatic nitrogens is 2. The Kier molecular flexibility index (Phi) is 9.16. The Morgan fingerprint density at radius 2 is 1.38 bits per heavy atom. The normalized spacial score (nSPS) is 9.50. The van der Waals surface area contributed by atoms with Crippen LogP contribution >= 0.6 is 0 Å². The summed E-state index contributed by atoms with van der Waals surface area (Å²) < 4.78 is 15.1. The first-order chi connectivity index (χ1) is 12.5. The Morgan fingerprint density at radius 3 is 1.85 bits per heavy atom. The van der Waals surface area contributed by atoms with Gasteiger partial charge in [-0.25, -0.2) is 19.6 Å². The molecule has 0 aliphatic heterocycles. The zero-order valence-corrected chi connectivity index (χ0v) is 15.0. The molecule has 8 nitrogen and oxygen atoms in total. The molecule has 0 aliphatic carbocycles. The van der Waals surface area contributed by atoms with Crippen LogP contribution in [0.3, 0.4) is 0 Å². The lowest BCUT2D eigenvalue weighted by Gasteiger charge is -2.07. The van der Waals surface area contributed by atoms with Crippen molar-refractivity contribution >= 4 is 11.9 Å². The zero-order chi connectivity index (χ0) is 19.4. The molecule has 2 heterocycles. The van der Waals surface area contributed by atoms with Crippen molar-refractivity contribution in [3.05, 3.63) is 47.8 Å². The monoisotopic (exact) mass is 362 g/mol. The van der Waals surface area contributed by atoms with Crippen molar-refractivity contribution in [3.63, 3.8) is 0 Å². The van der Waals surface area contributed by atoms with E-state index in [0.717, 1.165) is 0 Å². The smallest absolute Gasteiger partial charge is 0.343 e. The molecule has 140 valence electrons. The molecule has 0 unspecified atom stereocenters. The van der Waals surface area contributed by atoms with Crippen LogP contribution in [-0.4, -0.2) is 46.8 Å². The summed E-state index contributed by atoms with van der Waals surface area (Å²) in [6, 6.07) is 6.33. The van der Waals surface area contributed by atoms with Crippen LogP contribution in [0.1, 0.15) is 41.5 Å². The number of pyridine rings is 2. The second-order valence-electron chi connectivity index (χ2n) is 4.60. The molecule has 0 atom stereocenters. The number of carbonyl (C=O) groups is 2. The molecule has 0 saturated heterocycles. The molecule has 0 amide bonds. The molecule has 0 bridgehead atoms. The van der Waals surface area contributed by atoms with E-state index in [4.69, 9.17) is 19.3 Å². The van der Waals surface area contributed by atoms with Crippen molar-refractivity contribution in [2.45, 2.75) is 20.8 Å². The van der Waals surface area contributed by atoms with E-state index in [0.29, 0.717) is 31.3 Å². The summed E-state index contributed by atoms with van der Waals surface area (Å²) in [6.45, 7) is 6.61. The van der Waals surface area contributed by atoms with Crippen LogP contribution < -0.4 is 9.47 Å². The molecule has 8 heteroatoms. The van der Waals surface area contributed by atoms with Gasteiger partial charge in [-0.2, -0.15) is 0 Å². The van der Waals surface area contributed by atoms with Crippen LogP contribution in [0.4, 0.5) is 0 Å². The van der Waals surface area contributed by atoms with Gasteiger partial charge in [-0.3, -0.25) is 0 Å². The molecule has 1 N–H and O–H groups in total. The second-order valence-corrected chi connectivity index (χ2v) is 4.60. The minimum Gasteiger partial charge on any atom is -0.477 e. The van der Waals surface area contributed by atoms with Gasteiger partial charge in [-0.15, -0.1) is 0 Å². The number of hydrogen-bond acceptors (Lipinski definition) is 7. The number of nitrogens with zero attached hydrogens (tertiary/aromatic N) is 2. The van der Waals surface area contributed by atoms with Crippen molar-refractivity contribution < 1.29 is 28.9 Å². The summed E-state index contributed by atoms with van der Waals surface area (Å²) in [5, 5.41) is 8.67. The molecular weight excluding hydrogens is 340 g/mol. The molecule has 0 saturated carbocycles. The highest BCUT2D eigenvalue weighted by atomic mass is 16.5. The maximum absolute atomic E-state index is 11.4. The highest BCUT2D eigenvalue weighted by Gasteiger charge is 2.13. The number of hydrogen-bond donors (Lipinski definition) is 1. The number of ether oxygens (including phenoxy) is 3. The molecule has 26 heavy (non-hydrogen) atoms. The Labute approximate surface area is 151 Å². The van der Waals surface area contributed by atoms with Crippen LogP contribution in [-0.2, 0) is 4.74 Å². The Bertz CT molecular complexity index is 720. The molecule has 2 rings (SSSR count).